The summed E-state index contributed by atoms with van der Waals surface area (Å²) >= 11 is 0. The van der Waals surface area contributed by atoms with Crippen LogP contribution in [0.5, 0.6) is 0 Å². The van der Waals surface area contributed by atoms with Crippen LogP contribution in [0.25, 0.3) is 0 Å². The molecular weight excluding hydrogens is 392 g/mol. The van der Waals surface area contributed by atoms with E-state index in [0.29, 0.717) is 17.5 Å². The third kappa shape index (κ3) is 3.99. The van der Waals surface area contributed by atoms with E-state index in [9.17, 15) is 19.2 Å². The number of carbonyl (C=O) groups excluding carboxylic acids is 2. The lowest BCUT2D eigenvalue weighted by Gasteiger charge is -2.25. The van der Waals surface area contributed by atoms with E-state index in [1.54, 1.807) is 24.3 Å². The first-order chi connectivity index (χ1) is 14.4. The molecule has 3 rings (SSSR count). The van der Waals surface area contributed by atoms with Crippen molar-refractivity contribution in [3.05, 3.63) is 56.2 Å². The van der Waals surface area contributed by atoms with Gasteiger partial charge in [-0.1, -0.05) is 25.1 Å². The molecule has 1 aliphatic rings. The topological polar surface area (TPSA) is 137 Å². The highest BCUT2D eigenvalue weighted by molar-refractivity contribution is 5.98. The highest BCUT2D eigenvalue weighted by Gasteiger charge is 2.34. The molecule has 10 nitrogen and oxygen atoms in total. The van der Waals surface area contributed by atoms with Crippen molar-refractivity contribution in [2.24, 2.45) is 0 Å². The SMILES string of the molecule is CCCn1c(N)c(N(CCOC)C(=O)CC2OC(=O)c3ccccc32)c(=O)[nH]c1=O. The molecule has 2 heterocycles. The number of H-pyrrole nitrogens is 1. The minimum absolute atomic E-state index is 0.0370. The third-order valence-electron chi connectivity index (χ3n) is 4.89. The highest BCUT2D eigenvalue weighted by atomic mass is 16.5. The van der Waals surface area contributed by atoms with Crippen molar-refractivity contribution in [3.8, 4) is 0 Å². The third-order valence-corrected chi connectivity index (χ3v) is 4.89. The Bertz CT molecular complexity index is 1070. The number of ether oxygens (including phenoxy) is 2. The zero-order chi connectivity index (χ0) is 21.8. The monoisotopic (exact) mass is 416 g/mol. The number of fused-ring (bicyclic) bond motifs is 1. The summed E-state index contributed by atoms with van der Waals surface area (Å²) in [5.74, 6) is -1.08. The molecule has 2 aromatic rings. The lowest BCUT2D eigenvalue weighted by Crippen LogP contribution is -2.43. The van der Waals surface area contributed by atoms with Crippen molar-refractivity contribution in [1.82, 2.24) is 9.55 Å². The molecule has 10 heteroatoms. The van der Waals surface area contributed by atoms with E-state index in [4.69, 9.17) is 15.2 Å². The fourth-order valence-corrected chi connectivity index (χ4v) is 3.47. The molecule has 0 bridgehead atoms. The van der Waals surface area contributed by atoms with Gasteiger partial charge in [0.25, 0.3) is 5.56 Å². The van der Waals surface area contributed by atoms with Crippen molar-refractivity contribution < 1.29 is 19.1 Å². The molecule has 160 valence electrons. The summed E-state index contributed by atoms with van der Waals surface area (Å²) in [6, 6.07) is 6.82. The van der Waals surface area contributed by atoms with Gasteiger partial charge in [0, 0.05) is 25.8 Å². The number of nitrogens with zero attached hydrogens (tertiary/aromatic N) is 2. The zero-order valence-corrected chi connectivity index (χ0v) is 16.8. The van der Waals surface area contributed by atoms with Gasteiger partial charge < -0.3 is 20.1 Å². The van der Waals surface area contributed by atoms with Gasteiger partial charge in [0.05, 0.1) is 18.6 Å². The van der Waals surface area contributed by atoms with E-state index < -0.39 is 29.2 Å². The Hall–Kier alpha value is -3.40. The van der Waals surface area contributed by atoms with Crippen LogP contribution in [0.15, 0.2) is 33.9 Å². The second-order valence-corrected chi connectivity index (χ2v) is 6.87. The minimum Gasteiger partial charge on any atom is -0.453 e. The predicted molar refractivity (Wildman–Crippen MR) is 109 cm³/mol. The summed E-state index contributed by atoms with van der Waals surface area (Å²) < 4.78 is 11.6. The number of aromatic amines is 1. The molecule has 0 fully saturated rings. The first-order valence-corrected chi connectivity index (χ1v) is 9.60. The number of anilines is 2. The van der Waals surface area contributed by atoms with Crippen molar-refractivity contribution in [1.29, 1.82) is 0 Å². The lowest BCUT2D eigenvalue weighted by atomic mass is 10.0. The number of nitrogens with two attached hydrogens (primary N) is 1. The number of cyclic esters (lactones) is 1. The van der Waals surface area contributed by atoms with Gasteiger partial charge in [-0.2, -0.15) is 0 Å². The van der Waals surface area contributed by atoms with Crippen molar-refractivity contribution >= 4 is 23.4 Å². The Morgan fingerprint density at radius 1 is 1.30 bits per heavy atom. The second-order valence-electron chi connectivity index (χ2n) is 6.87. The van der Waals surface area contributed by atoms with Crippen molar-refractivity contribution in [2.75, 3.05) is 30.9 Å². The summed E-state index contributed by atoms with van der Waals surface area (Å²) in [7, 11) is 1.46. The molecule has 0 saturated heterocycles. The summed E-state index contributed by atoms with van der Waals surface area (Å²) in [4.78, 5) is 53.3. The molecular formula is C20H24N4O6. The first-order valence-electron chi connectivity index (χ1n) is 9.60. The van der Waals surface area contributed by atoms with Crippen LogP contribution in [-0.4, -0.2) is 41.7 Å². The molecule has 0 aliphatic carbocycles. The number of nitrogens with one attached hydrogen (secondary N) is 1. The van der Waals surface area contributed by atoms with Crippen LogP contribution in [0, 0.1) is 0 Å². The van der Waals surface area contributed by atoms with E-state index in [-0.39, 0.29) is 37.6 Å². The second kappa shape index (κ2) is 8.95. The average molecular weight is 416 g/mol. The van der Waals surface area contributed by atoms with E-state index in [0.717, 1.165) is 0 Å². The van der Waals surface area contributed by atoms with Crippen LogP contribution in [0.4, 0.5) is 11.5 Å². The average Bonchev–Trinajstić information content (AvgIpc) is 3.03. The number of carbonyl (C=O) groups is 2. The van der Waals surface area contributed by atoms with Crippen LogP contribution >= 0.6 is 0 Å². The van der Waals surface area contributed by atoms with E-state index in [2.05, 4.69) is 4.98 Å². The molecule has 1 aliphatic heterocycles. The number of hydrogen-bond acceptors (Lipinski definition) is 7. The number of methoxy groups -OCH3 is 1. The van der Waals surface area contributed by atoms with Gasteiger partial charge >= 0.3 is 11.7 Å². The number of esters is 1. The number of hydrogen-bond donors (Lipinski definition) is 2. The Morgan fingerprint density at radius 2 is 2.03 bits per heavy atom. The number of rotatable bonds is 8. The predicted octanol–water partition coefficient (Wildman–Crippen LogP) is 0.810. The highest BCUT2D eigenvalue weighted by Crippen LogP contribution is 2.33. The lowest BCUT2D eigenvalue weighted by molar-refractivity contribution is -0.120. The smallest absolute Gasteiger partial charge is 0.339 e. The van der Waals surface area contributed by atoms with Gasteiger partial charge in [0.1, 0.15) is 11.9 Å². The van der Waals surface area contributed by atoms with Gasteiger partial charge in [0.2, 0.25) is 5.91 Å². The molecule has 1 atom stereocenters. The molecule has 1 unspecified atom stereocenters. The zero-order valence-electron chi connectivity index (χ0n) is 16.8. The normalized spacial score (nSPS) is 15.0. The maximum Gasteiger partial charge on any atom is 0.339 e. The van der Waals surface area contributed by atoms with Crippen LogP contribution in [-0.2, 0) is 20.8 Å². The number of nitrogen functional groups attached to an aromatic ring is 1. The first kappa shape index (κ1) is 21.3. The van der Waals surface area contributed by atoms with E-state index in [1.807, 2.05) is 6.92 Å². The van der Waals surface area contributed by atoms with Crippen LogP contribution < -0.4 is 21.9 Å². The number of benzene rings is 1. The molecule has 1 aromatic heterocycles. The van der Waals surface area contributed by atoms with Gasteiger partial charge in [-0.3, -0.25) is 19.1 Å². The fraction of sp³-hybridized carbons (Fsp3) is 0.400. The molecule has 1 aromatic carbocycles. The summed E-state index contributed by atoms with van der Waals surface area (Å²) in [5.41, 5.74) is 5.61. The van der Waals surface area contributed by atoms with E-state index in [1.165, 1.54) is 16.6 Å². The fourth-order valence-electron chi connectivity index (χ4n) is 3.47. The quantitative estimate of drug-likeness (QED) is 0.608. The standard InChI is InChI=1S/C20H24N4O6/c1-3-8-24-17(21)16(18(26)22-20(24)28)23(9-10-29-2)15(25)11-14-12-6-4-5-7-13(12)19(27)30-14/h4-7,14H,3,8-11,21H2,1-2H3,(H,22,26,28). The van der Waals surface area contributed by atoms with Gasteiger partial charge in [-0.25, -0.2) is 9.59 Å². The minimum atomic E-state index is -0.770. The van der Waals surface area contributed by atoms with Gasteiger partial charge in [0.15, 0.2) is 5.69 Å². The molecule has 30 heavy (non-hydrogen) atoms. The summed E-state index contributed by atoms with van der Waals surface area (Å²) in [6.45, 7) is 2.32. The summed E-state index contributed by atoms with van der Waals surface area (Å²) in [5, 5.41) is 0. The van der Waals surface area contributed by atoms with Crippen LogP contribution in [0.3, 0.4) is 0 Å². The maximum atomic E-state index is 13.2. The Balaban J connectivity index is 1.97. The Labute approximate surface area is 172 Å². The van der Waals surface area contributed by atoms with E-state index >= 15 is 0 Å². The Morgan fingerprint density at radius 3 is 2.73 bits per heavy atom. The Kier molecular flexibility index (Phi) is 6.36. The van der Waals surface area contributed by atoms with Gasteiger partial charge in [-0.05, 0) is 12.5 Å². The van der Waals surface area contributed by atoms with Crippen molar-refractivity contribution in [3.63, 3.8) is 0 Å². The van der Waals surface area contributed by atoms with Crippen LogP contribution in [0.2, 0.25) is 0 Å². The molecule has 0 radical (unpaired) electrons. The number of aromatic nitrogens is 2. The summed E-state index contributed by atoms with van der Waals surface area (Å²) in [6.07, 6.45) is -0.345. The molecule has 3 N–H and O–H groups in total. The largest absolute Gasteiger partial charge is 0.453 e. The molecule has 0 saturated carbocycles. The maximum absolute atomic E-state index is 13.2. The van der Waals surface area contributed by atoms with Gasteiger partial charge in [-0.15, -0.1) is 0 Å². The number of amides is 1. The molecule has 0 spiro atoms. The van der Waals surface area contributed by atoms with Crippen LogP contribution in [0.1, 0.15) is 41.8 Å². The van der Waals surface area contributed by atoms with Crippen molar-refractivity contribution in [2.45, 2.75) is 32.4 Å². The molecule has 1 amide bonds.